The molecule has 7 fully saturated rings. The maximum absolute atomic E-state index is 13.6. The highest BCUT2D eigenvalue weighted by Crippen LogP contribution is 2.58. The minimum Gasteiger partial charge on any atom is -0.383 e. The molecule has 7 saturated heterocycles. The molecule has 7 aromatic heterocycles. The van der Waals surface area contributed by atoms with Crippen LogP contribution in [0, 0.1) is 48.5 Å². The summed E-state index contributed by atoms with van der Waals surface area (Å²) in [6.07, 6.45) is -21.5. The molecule has 7 aliphatic heterocycles. The SMILES string of the molecule is CC[C@H]1O[C@@H](n2cc(C)c(=O)[nH]c2=O)CC1OP(O)(=S)OC[C@H]1O[C@@H](n2cc(C)c(=O)[nH]c2=O)CC1OP(O)(=S)OC[C@H]1O[C@@H](n2cc(C)c(=O)[nH]c2=O)CC1OP(O)(=S)OC[C@H]1O[C@@H](n2cc(C)c(=O)[nH]c2=O)CC1OP(O)(=S)OC[C@H]1O[C@@H](n2cc(C)c(N)nc2=O)CC1OP(O)(=S)OC[C@H]1O[C@@H](n2cc(C)c(=O)[nH]c2=O)CC1OP(O)(=S)OC[C@H]1O[C@@H](n2cc(C)c(N)nc2=O)CC1OP(O)(=S)OC. The van der Waals surface area contributed by atoms with Gasteiger partial charge in [0.15, 0.2) is 0 Å². The van der Waals surface area contributed by atoms with E-state index < -0.39 is 303 Å². The number of nitrogens with one attached hydrogen (secondary N) is 5. The summed E-state index contributed by atoms with van der Waals surface area (Å²) in [5.74, 6) is -0.201. The summed E-state index contributed by atoms with van der Waals surface area (Å²) in [5, 5.41) is 0. The third-order valence-corrected chi connectivity index (χ3v) is 34.7. The highest BCUT2D eigenvalue weighted by atomic mass is 32.5. The molecule has 784 valence electrons. The van der Waals surface area contributed by atoms with Gasteiger partial charge >= 0.3 is 86.9 Å². The second-order valence-electron chi connectivity index (χ2n) is 33.6. The van der Waals surface area contributed by atoms with Crippen LogP contribution >= 0.6 is 47.0 Å². The Balaban J connectivity index is 0.665. The Kier molecular flexibility index (Phi) is 35.6. The van der Waals surface area contributed by atoms with Crippen LogP contribution in [-0.4, -0.2) is 233 Å². The summed E-state index contributed by atoms with van der Waals surface area (Å²) < 4.78 is 134. The Labute approximate surface area is 835 Å². The van der Waals surface area contributed by atoms with Crippen LogP contribution in [0.15, 0.2) is 101 Å². The van der Waals surface area contributed by atoms with Crippen LogP contribution in [0.3, 0.4) is 0 Å². The summed E-state index contributed by atoms with van der Waals surface area (Å²) in [4.78, 5) is 258. The first-order valence-electron chi connectivity index (χ1n) is 42.8. The Hall–Kier alpha value is -5.81. The quantitative estimate of drug-likeness (QED) is 0.0224. The molecule has 70 heteroatoms. The van der Waals surface area contributed by atoms with Gasteiger partial charge in [-0.25, -0.2) is 33.6 Å². The van der Waals surface area contributed by atoms with Crippen molar-refractivity contribution in [1.82, 2.24) is 66.9 Å². The molecule has 0 aliphatic carbocycles. The number of nitrogens with zero attached hydrogens (tertiary/aromatic N) is 9. The van der Waals surface area contributed by atoms with Crippen molar-refractivity contribution in [2.24, 2.45) is 0 Å². The van der Waals surface area contributed by atoms with Crippen molar-refractivity contribution in [1.29, 1.82) is 0 Å². The van der Waals surface area contributed by atoms with Gasteiger partial charge in [0.2, 0.25) is 0 Å². The zero-order valence-corrected chi connectivity index (χ0v) is 87.8. The number of nitrogen functional groups attached to an aromatic ring is 2. The lowest BCUT2D eigenvalue weighted by Crippen LogP contribution is -2.33. The number of rotatable bonds is 41. The molecule has 0 bridgehead atoms. The van der Waals surface area contributed by atoms with Crippen molar-refractivity contribution in [3.05, 3.63) is 207 Å². The molecular formula is C72H99N16O40P7S7. The molecule has 7 aromatic rings. The van der Waals surface area contributed by atoms with Gasteiger partial charge in [-0.1, -0.05) is 6.92 Å². The van der Waals surface area contributed by atoms with Gasteiger partial charge in [0.05, 0.1) is 88.5 Å². The number of hydrogen-bond donors (Lipinski definition) is 14. The Morgan fingerprint density at radius 1 is 0.303 bits per heavy atom. The number of H-pyrrole nitrogens is 5. The molecular weight excluding hydrogens is 2170 g/mol. The molecule has 56 nitrogen and oxygen atoms in total. The maximum Gasteiger partial charge on any atom is 0.351 e. The second-order valence-corrected chi connectivity index (χ2v) is 53.2. The highest BCUT2D eigenvalue weighted by molar-refractivity contribution is 8.09. The standard InChI is InChI=1S/C72H99N16O40P7S7/c1-10-38-39(11-52(115-38)84-20-33(4)61(89)77-68(84)96)123-130(102,137)109-26-48-42(14-55(118-48)85-21-34(5)62(90)78-69(85)97)126-134(106,141)113-29-51-45(17-58(121-51)88-24-37(8)65(93)81-72(88)100)128-135(107,142)114-30-50-44(16-57(120-50)87-23-36(7)64(92)80-71(87)99)127-133(105,140)111-27-47-41(13-54(117-47)83-19-32(3)60(74)76-67(83)95)124-132(104,139)112-28-49-43(15-56(119-49)86-22-35(6)63(91)79-70(86)98)125-131(103,138)110-25-46-40(122-129(101,136)108-9)12-53(116-46)82-18-31(2)59(73)75-66(82)94/h18-24,38-58H,10-17,25-30H2,1-9H3,(H,101,136)(H,102,137)(H,103,138)(H,104,139)(H,105,140)(H,106,141)(H,107,142)(H2,73,75,94)(H2,74,76,95)(H,77,89,96)(H,78,90,97)(H,79,91,98)(H,80,92,99)(H,81,93,100)/t38-,39?,40?,41?,42?,43?,44?,45?,46-,47-,48-,49-,50-,51-,52-,53-,54-,55-,56-,57-,58-,129?,130?,131?,132?,133?,134?,135?/m1/s1. The molecule has 0 spiro atoms. The predicted molar refractivity (Wildman–Crippen MR) is 518 cm³/mol. The largest absolute Gasteiger partial charge is 0.383 e. The van der Waals surface area contributed by atoms with E-state index in [4.69, 9.17) is 191 Å². The number of hydrogen-bond acceptors (Lipinski definition) is 44. The molecule has 0 amide bonds. The lowest BCUT2D eigenvalue weighted by molar-refractivity contribution is -0.0583. The predicted octanol–water partition coefficient (Wildman–Crippen LogP) is -0.0430. The van der Waals surface area contributed by atoms with Gasteiger partial charge in [-0.15, -0.1) is 0 Å². The summed E-state index contributed by atoms with van der Waals surface area (Å²) in [5.41, 5.74) is 2.92. The third-order valence-electron chi connectivity index (χ3n) is 23.4. The summed E-state index contributed by atoms with van der Waals surface area (Å²) in [6, 6.07) is 0. The van der Waals surface area contributed by atoms with E-state index in [9.17, 15) is 91.8 Å². The molecule has 14 unspecified atom stereocenters. The van der Waals surface area contributed by atoms with Crippen LogP contribution in [0.1, 0.15) is 141 Å². The fraction of sp³-hybridized carbons (Fsp3) is 0.611. The van der Waals surface area contributed by atoms with Crippen LogP contribution in [0.25, 0.3) is 0 Å². The summed E-state index contributed by atoms with van der Waals surface area (Å²) in [6.45, 7) is -24.8. The van der Waals surface area contributed by atoms with E-state index in [0.29, 0.717) is 11.1 Å². The normalized spacial score (nSPS) is 29.8. The number of aromatic nitrogens is 14. The van der Waals surface area contributed by atoms with E-state index in [0.717, 1.165) is 51.5 Å². The van der Waals surface area contributed by atoms with Crippen LogP contribution in [0.5, 0.6) is 0 Å². The monoisotopic (exact) mass is 2270 g/mol. The molecule has 28 atom stereocenters. The van der Waals surface area contributed by atoms with Gasteiger partial charge in [0.25, 0.3) is 27.8 Å². The molecule has 142 heavy (non-hydrogen) atoms. The van der Waals surface area contributed by atoms with Gasteiger partial charge < -0.3 is 142 Å². The van der Waals surface area contributed by atoms with E-state index in [2.05, 4.69) is 34.9 Å². The van der Waals surface area contributed by atoms with Gasteiger partial charge in [-0.2, -0.15) is 9.97 Å². The van der Waals surface area contributed by atoms with E-state index in [1.165, 1.54) is 72.5 Å². The smallest absolute Gasteiger partial charge is 0.351 e. The lowest BCUT2D eigenvalue weighted by Gasteiger charge is -2.29. The molecule has 16 N–H and O–H groups in total. The fourth-order valence-electron chi connectivity index (χ4n) is 16.1. The maximum atomic E-state index is 13.6. The molecule has 0 aromatic carbocycles. The van der Waals surface area contributed by atoms with Crippen LogP contribution in [-0.2, 0) is 179 Å². The van der Waals surface area contributed by atoms with E-state index >= 15 is 0 Å². The van der Waals surface area contributed by atoms with Gasteiger partial charge in [-0.3, -0.25) is 80.9 Å². The third kappa shape index (κ3) is 27.5. The Bertz CT molecular complexity index is 7100. The van der Waals surface area contributed by atoms with Crippen LogP contribution in [0.4, 0.5) is 11.6 Å². The zero-order valence-electron chi connectivity index (χ0n) is 75.8. The second kappa shape index (κ2) is 45.2. The lowest BCUT2D eigenvalue weighted by atomic mass is 10.1. The van der Waals surface area contributed by atoms with Crippen molar-refractivity contribution >= 4 is 141 Å². The minimum atomic E-state index is -4.80. The summed E-state index contributed by atoms with van der Waals surface area (Å²) >= 11 is 38.6. The molecule has 14 rings (SSSR count). The molecule has 7 aliphatic rings. The first kappa shape index (κ1) is 112. The topological polar surface area (TPSA) is 732 Å². The zero-order chi connectivity index (χ0) is 103. The van der Waals surface area contributed by atoms with Crippen molar-refractivity contribution < 1.29 is 131 Å². The molecule has 14 heterocycles. The van der Waals surface area contributed by atoms with Crippen LogP contribution < -0.4 is 79.1 Å². The summed E-state index contributed by atoms with van der Waals surface area (Å²) in [7, 11) is 1.10. The van der Waals surface area contributed by atoms with Crippen molar-refractivity contribution in [2.75, 3.05) is 58.2 Å². The first-order valence-corrected chi connectivity index (χ1v) is 60.9. The van der Waals surface area contributed by atoms with Crippen molar-refractivity contribution in [2.45, 2.75) is 236 Å². The Morgan fingerprint density at radius 3 is 0.662 bits per heavy atom. The number of anilines is 2. The first-order chi connectivity index (χ1) is 66.4. The van der Waals surface area contributed by atoms with Crippen molar-refractivity contribution in [3.63, 3.8) is 0 Å². The number of aromatic amines is 5. The average Bonchev–Trinajstić information content (AvgIpc) is 1.58. The number of ether oxygens (including phenoxy) is 7. The van der Waals surface area contributed by atoms with Crippen LogP contribution in [0.2, 0.25) is 0 Å². The fourth-order valence-corrected chi connectivity index (χ4v) is 26.0. The number of aryl methyl sites for hydroxylation is 7. The average molecular weight is 2270 g/mol. The van der Waals surface area contributed by atoms with Gasteiger partial charge in [0, 0.05) is 134 Å². The van der Waals surface area contributed by atoms with E-state index in [-0.39, 0.29) is 71.6 Å². The molecule has 0 saturated carbocycles. The minimum absolute atomic E-state index is 0.0141. The molecule has 0 radical (unpaired) electrons. The highest BCUT2D eigenvalue weighted by Gasteiger charge is 2.52. The van der Waals surface area contributed by atoms with Gasteiger partial charge in [0.1, 0.15) is 91.9 Å². The van der Waals surface area contributed by atoms with E-state index in [1.807, 2.05) is 0 Å². The van der Waals surface area contributed by atoms with E-state index in [1.54, 1.807) is 13.8 Å². The van der Waals surface area contributed by atoms with Gasteiger partial charge in [-0.05, 0) is 138 Å². The van der Waals surface area contributed by atoms with Crippen molar-refractivity contribution in [3.8, 4) is 0 Å². The number of nitrogens with two attached hydrogens (primary N) is 2. The Morgan fingerprint density at radius 2 is 0.472 bits per heavy atom.